The van der Waals surface area contributed by atoms with Crippen molar-refractivity contribution in [3.63, 3.8) is 0 Å². The average Bonchev–Trinajstić information content (AvgIpc) is 2.31. The SMILES string of the molecule is CC(=O)NNC(=O)C(C)Oc1cccc(C)c1C. The van der Waals surface area contributed by atoms with Gasteiger partial charge in [0.15, 0.2) is 6.10 Å². The van der Waals surface area contributed by atoms with E-state index in [0.29, 0.717) is 5.75 Å². The van der Waals surface area contributed by atoms with E-state index >= 15 is 0 Å². The van der Waals surface area contributed by atoms with E-state index in [2.05, 4.69) is 10.9 Å². The molecule has 0 saturated carbocycles. The van der Waals surface area contributed by atoms with Crippen molar-refractivity contribution in [2.75, 3.05) is 0 Å². The smallest absolute Gasteiger partial charge is 0.279 e. The Hall–Kier alpha value is -2.04. The number of carbonyl (C=O) groups excluding carboxylic acids is 2. The highest BCUT2D eigenvalue weighted by Gasteiger charge is 2.15. The van der Waals surface area contributed by atoms with Crippen molar-refractivity contribution >= 4 is 11.8 Å². The molecule has 5 heteroatoms. The predicted octanol–water partition coefficient (Wildman–Crippen LogP) is 1.24. The number of hydrogen-bond donors (Lipinski definition) is 2. The van der Waals surface area contributed by atoms with Gasteiger partial charge in [-0.05, 0) is 38.0 Å². The van der Waals surface area contributed by atoms with Crippen LogP contribution in [0.5, 0.6) is 5.75 Å². The number of carbonyl (C=O) groups is 2. The molecule has 0 saturated heterocycles. The zero-order chi connectivity index (χ0) is 13.7. The molecule has 0 radical (unpaired) electrons. The number of rotatable bonds is 3. The lowest BCUT2D eigenvalue weighted by Crippen LogP contribution is -2.46. The van der Waals surface area contributed by atoms with Crippen molar-refractivity contribution in [3.05, 3.63) is 29.3 Å². The Morgan fingerprint density at radius 1 is 1.22 bits per heavy atom. The molecular formula is C13H18N2O3. The molecule has 0 aliphatic heterocycles. The van der Waals surface area contributed by atoms with Gasteiger partial charge < -0.3 is 4.74 Å². The van der Waals surface area contributed by atoms with E-state index < -0.39 is 12.0 Å². The summed E-state index contributed by atoms with van der Waals surface area (Å²) in [4.78, 5) is 22.3. The summed E-state index contributed by atoms with van der Waals surface area (Å²) >= 11 is 0. The Morgan fingerprint density at radius 3 is 2.50 bits per heavy atom. The molecule has 5 nitrogen and oxygen atoms in total. The second-order valence-electron chi connectivity index (χ2n) is 4.13. The van der Waals surface area contributed by atoms with Gasteiger partial charge in [-0.1, -0.05) is 12.1 Å². The zero-order valence-electron chi connectivity index (χ0n) is 11.0. The molecule has 18 heavy (non-hydrogen) atoms. The molecule has 0 bridgehead atoms. The Morgan fingerprint density at radius 2 is 1.89 bits per heavy atom. The van der Waals surface area contributed by atoms with Crippen molar-refractivity contribution < 1.29 is 14.3 Å². The molecule has 0 spiro atoms. The molecule has 0 heterocycles. The molecule has 1 atom stereocenters. The molecule has 0 fully saturated rings. The van der Waals surface area contributed by atoms with E-state index in [0.717, 1.165) is 11.1 Å². The first kappa shape index (κ1) is 14.0. The third-order valence-corrected chi connectivity index (χ3v) is 2.59. The molecule has 0 aromatic heterocycles. The maximum atomic E-state index is 11.6. The van der Waals surface area contributed by atoms with Crippen molar-refractivity contribution in [1.29, 1.82) is 0 Å². The molecular weight excluding hydrogens is 232 g/mol. The summed E-state index contributed by atoms with van der Waals surface area (Å²) in [6, 6.07) is 5.66. The number of amides is 2. The third-order valence-electron chi connectivity index (χ3n) is 2.59. The summed E-state index contributed by atoms with van der Waals surface area (Å²) in [5.74, 6) is -0.0612. The highest BCUT2D eigenvalue weighted by molar-refractivity contribution is 5.83. The van der Waals surface area contributed by atoms with Crippen molar-refractivity contribution in [2.24, 2.45) is 0 Å². The summed E-state index contributed by atoms with van der Waals surface area (Å²) in [7, 11) is 0. The highest BCUT2D eigenvalue weighted by atomic mass is 16.5. The topological polar surface area (TPSA) is 67.4 Å². The van der Waals surface area contributed by atoms with Crippen LogP contribution in [0.1, 0.15) is 25.0 Å². The van der Waals surface area contributed by atoms with E-state index in [9.17, 15) is 9.59 Å². The Balaban J connectivity index is 2.64. The van der Waals surface area contributed by atoms with E-state index in [1.54, 1.807) is 6.92 Å². The Kier molecular flexibility index (Phi) is 4.71. The van der Waals surface area contributed by atoms with Gasteiger partial charge in [0.05, 0.1) is 0 Å². The molecule has 98 valence electrons. The fraction of sp³-hybridized carbons (Fsp3) is 0.385. The minimum atomic E-state index is -0.683. The number of hydrogen-bond acceptors (Lipinski definition) is 3. The highest BCUT2D eigenvalue weighted by Crippen LogP contribution is 2.21. The molecule has 1 aromatic carbocycles. The number of aryl methyl sites for hydroxylation is 1. The molecule has 2 N–H and O–H groups in total. The number of hydrazine groups is 1. The van der Waals surface area contributed by atoms with E-state index in [1.807, 2.05) is 32.0 Å². The second-order valence-corrected chi connectivity index (χ2v) is 4.13. The lowest BCUT2D eigenvalue weighted by atomic mass is 10.1. The van der Waals surface area contributed by atoms with E-state index in [-0.39, 0.29) is 5.91 Å². The molecule has 1 rings (SSSR count). The first-order valence-corrected chi connectivity index (χ1v) is 5.71. The minimum absolute atomic E-state index is 0.331. The fourth-order valence-corrected chi connectivity index (χ4v) is 1.35. The molecule has 0 aliphatic rings. The molecule has 1 unspecified atom stereocenters. The summed E-state index contributed by atoms with van der Waals surface area (Å²) in [6.45, 7) is 6.85. The van der Waals surface area contributed by atoms with E-state index in [1.165, 1.54) is 6.92 Å². The second kappa shape index (κ2) is 6.05. The average molecular weight is 250 g/mol. The summed E-state index contributed by atoms with van der Waals surface area (Å²) in [5, 5.41) is 0. The van der Waals surface area contributed by atoms with Gasteiger partial charge in [0, 0.05) is 6.92 Å². The van der Waals surface area contributed by atoms with Gasteiger partial charge >= 0.3 is 0 Å². The molecule has 0 aliphatic carbocycles. The third kappa shape index (κ3) is 3.76. The normalized spacial score (nSPS) is 11.6. The van der Waals surface area contributed by atoms with Crippen LogP contribution in [0.25, 0.3) is 0 Å². The van der Waals surface area contributed by atoms with E-state index in [4.69, 9.17) is 4.74 Å². The van der Waals surface area contributed by atoms with Gasteiger partial charge in [-0.25, -0.2) is 0 Å². The largest absolute Gasteiger partial charge is 0.481 e. The maximum Gasteiger partial charge on any atom is 0.279 e. The van der Waals surface area contributed by atoms with Gasteiger partial charge in [-0.15, -0.1) is 0 Å². The van der Waals surface area contributed by atoms with Gasteiger partial charge in [-0.2, -0.15) is 0 Å². The van der Waals surface area contributed by atoms with Crippen LogP contribution in [0.2, 0.25) is 0 Å². The maximum absolute atomic E-state index is 11.6. The summed E-state index contributed by atoms with van der Waals surface area (Å²) in [5.41, 5.74) is 6.59. The molecule has 1 aromatic rings. The van der Waals surface area contributed by atoms with Crippen LogP contribution in [0.15, 0.2) is 18.2 Å². The van der Waals surface area contributed by atoms with Gasteiger partial charge in [0.25, 0.3) is 5.91 Å². The standard InChI is InChI=1S/C13H18N2O3/c1-8-6-5-7-12(9(8)2)18-10(3)13(17)15-14-11(4)16/h5-7,10H,1-4H3,(H,14,16)(H,15,17). The first-order chi connectivity index (χ1) is 8.41. The van der Waals surface area contributed by atoms with Crippen LogP contribution < -0.4 is 15.6 Å². The Bertz CT molecular complexity index is 458. The van der Waals surface area contributed by atoms with Gasteiger partial charge in [0.1, 0.15) is 5.75 Å². The van der Waals surface area contributed by atoms with Crippen molar-refractivity contribution in [2.45, 2.75) is 33.8 Å². The zero-order valence-corrected chi connectivity index (χ0v) is 11.0. The predicted molar refractivity (Wildman–Crippen MR) is 68.0 cm³/mol. The fourth-order valence-electron chi connectivity index (χ4n) is 1.35. The first-order valence-electron chi connectivity index (χ1n) is 5.71. The monoisotopic (exact) mass is 250 g/mol. The summed E-state index contributed by atoms with van der Waals surface area (Å²) in [6.07, 6.45) is -0.683. The number of nitrogens with one attached hydrogen (secondary N) is 2. The van der Waals surface area contributed by atoms with Crippen LogP contribution in [-0.2, 0) is 9.59 Å². The van der Waals surface area contributed by atoms with Crippen LogP contribution in [0, 0.1) is 13.8 Å². The van der Waals surface area contributed by atoms with Crippen molar-refractivity contribution in [3.8, 4) is 5.75 Å². The quantitative estimate of drug-likeness (QED) is 0.793. The van der Waals surface area contributed by atoms with Crippen LogP contribution in [-0.4, -0.2) is 17.9 Å². The van der Waals surface area contributed by atoms with Crippen LogP contribution >= 0.6 is 0 Å². The van der Waals surface area contributed by atoms with Crippen LogP contribution in [0.3, 0.4) is 0 Å². The van der Waals surface area contributed by atoms with Crippen LogP contribution in [0.4, 0.5) is 0 Å². The van der Waals surface area contributed by atoms with Gasteiger partial charge in [0.2, 0.25) is 5.91 Å². The number of ether oxygens (including phenoxy) is 1. The summed E-state index contributed by atoms with van der Waals surface area (Å²) < 4.78 is 5.56. The lowest BCUT2D eigenvalue weighted by molar-refractivity contribution is -0.132. The minimum Gasteiger partial charge on any atom is -0.481 e. The number of benzene rings is 1. The molecule has 2 amide bonds. The Labute approximate surface area is 106 Å². The van der Waals surface area contributed by atoms with Crippen molar-refractivity contribution in [1.82, 2.24) is 10.9 Å². The van der Waals surface area contributed by atoms with Gasteiger partial charge in [-0.3, -0.25) is 20.4 Å². The lowest BCUT2D eigenvalue weighted by Gasteiger charge is -2.17.